The van der Waals surface area contributed by atoms with Crippen LogP contribution in [0.15, 0.2) is 4.99 Å². The minimum Gasteiger partial charge on any atom is -0.357 e. The Labute approximate surface area is 120 Å². The van der Waals surface area contributed by atoms with Crippen molar-refractivity contribution in [2.24, 2.45) is 4.99 Å². The number of nitrogens with zero attached hydrogens (tertiary/aromatic N) is 2. The average molecular weight is 270 g/mol. The first-order chi connectivity index (χ1) is 9.13. The number of hydrogen-bond donors (Lipinski definition) is 2. The molecule has 0 aromatic heterocycles. The zero-order chi connectivity index (χ0) is 14.5. The van der Waals surface area contributed by atoms with E-state index in [2.05, 4.69) is 55.3 Å². The van der Waals surface area contributed by atoms with Crippen LogP contribution in [0.5, 0.6) is 0 Å². The predicted molar refractivity (Wildman–Crippen MR) is 85.9 cm³/mol. The number of rotatable bonds is 10. The monoisotopic (exact) mass is 270 g/mol. The molecule has 0 radical (unpaired) electrons. The minimum atomic E-state index is 0.494. The average Bonchev–Trinajstić information content (AvgIpc) is 2.39. The number of aliphatic imine (C=N–C) groups is 1. The summed E-state index contributed by atoms with van der Waals surface area (Å²) < 4.78 is 0. The summed E-state index contributed by atoms with van der Waals surface area (Å²) in [6, 6.07) is 0.494. The van der Waals surface area contributed by atoms with Crippen LogP contribution in [-0.2, 0) is 0 Å². The number of likely N-dealkylation sites (N-methyl/N-ethyl adjacent to an activating group) is 1. The third-order valence-electron chi connectivity index (χ3n) is 3.26. The van der Waals surface area contributed by atoms with Gasteiger partial charge in [0.25, 0.3) is 0 Å². The first kappa shape index (κ1) is 18.2. The van der Waals surface area contributed by atoms with Gasteiger partial charge in [0.05, 0.1) is 6.54 Å². The summed E-state index contributed by atoms with van der Waals surface area (Å²) in [5, 5.41) is 6.80. The first-order valence-electron chi connectivity index (χ1n) is 7.87. The molecule has 0 aromatic carbocycles. The van der Waals surface area contributed by atoms with Gasteiger partial charge in [-0.25, -0.2) is 0 Å². The molecule has 0 rings (SSSR count). The molecule has 19 heavy (non-hydrogen) atoms. The molecule has 0 bridgehead atoms. The highest BCUT2D eigenvalue weighted by Gasteiger charge is 2.04. The van der Waals surface area contributed by atoms with Gasteiger partial charge in [-0.15, -0.1) is 0 Å². The second-order valence-electron chi connectivity index (χ2n) is 5.20. The fourth-order valence-electron chi connectivity index (χ4n) is 1.82. The molecule has 0 amide bonds. The van der Waals surface area contributed by atoms with Crippen LogP contribution < -0.4 is 10.6 Å². The van der Waals surface area contributed by atoms with E-state index < -0.39 is 0 Å². The van der Waals surface area contributed by atoms with Gasteiger partial charge in [0.2, 0.25) is 0 Å². The van der Waals surface area contributed by atoms with Crippen molar-refractivity contribution in [3.63, 3.8) is 0 Å². The van der Waals surface area contributed by atoms with Gasteiger partial charge in [0.1, 0.15) is 0 Å². The summed E-state index contributed by atoms with van der Waals surface area (Å²) in [4.78, 5) is 6.90. The molecule has 0 heterocycles. The van der Waals surface area contributed by atoms with Crippen LogP contribution in [0.1, 0.15) is 53.4 Å². The van der Waals surface area contributed by atoms with E-state index >= 15 is 0 Å². The van der Waals surface area contributed by atoms with Crippen LogP contribution in [0.2, 0.25) is 0 Å². The smallest absolute Gasteiger partial charge is 0.191 e. The highest BCUT2D eigenvalue weighted by molar-refractivity contribution is 5.80. The van der Waals surface area contributed by atoms with E-state index in [-0.39, 0.29) is 0 Å². The van der Waals surface area contributed by atoms with Gasteiger partial charge in [0.15, 0.2) is 5.96 Å². The maximum atomic E-state index is 4.62. The molecule has 0 spiro atoms. The Morgan fingerprint density at radius 3 is 2.53 bits per heavy atom. The lowest BCUT2D eigenvalue weighted by atomic mass is 10.1. The van der Waals surface area contributed by atoms with Crippen LogP contribution in [0.4, 0.5) is 0 Å². The van der Waals surface area contributed by atoms with E-state index in [1.54, 1.807) is 0 Å². The van der Waals surface area contributed by atoms with E-state index in [0.717, 1.165) is 32.1 Å². The number of nitrogens with one attached hydrogen (secondary N) is 2. The SMILES string of the molecule is CCCCCC(C)NC(=NCCN(C)CC)NCC. The van der Waals surface area contributed by atoms with Gasteiger partial charge >= 0.3 is 0 Å². The Morgan fingerprint density at radius 2 is 1.95 bits per heavy atom. The van der Waals surface area contributed by atoms with Crippen LogP contribution in [0.25, 0.3) is 0 Å². The standard InChI is InChI=1S/C15H34N4/c1-6-9-10-11-14(4)18-15(16-7-2)17-12-13-19(5)8-3/h14H,6-13H2,1-5H3,(H2,16,17,18). The van der Waals surface area contributed by atoms with Crippen molar-refractivity contribution in [3.8, 4) is 0 Å². The molecule has 4 heteroatoms. The van der Waals surface area contributed by atoms with E-state index in [0.29, 0.717) is 6.04 Å². The molecule has 0 aliphatic rings. The maximum Gasteiger partial charge on any atom is 0.191 e. The number of guanidine groups is 1. The molecular formula is C15H34N4. The molecule has 0 saturated carbocycles. The molecule has 0 aliphatic carbocycles. The largest absolute Gasteiger partial charge is 0.357 e. The molecule has 4 nitrogen and oxygen atoms in total. The van der Waals surface area contributed by atoms with E-state index in [4.69, 9.17) is 0 Å². The van der Waals surface area contributed by atoms with Gasteiger partial charge in [-0.05, 0) is 33.9 Å². The van der Waals surface area contributed by atoms with Crippen LogP contribution in [-0.4, -0.2) is 50.1 Å². The van der Waals surface area contributed by atoms with Crippen molar-refractivity contribution in [2.75, 3.05) is 33.2 Å². The molecule has 0 aliphatic heterocycles. The second-order valence-corrected chi connectivity index (χ2v) is 5.20. The van der Waals surface area contributed by atoms with Gasteiger partial charge < -0.3 is 15.5 Å². The minimum absolute atomic E-state index is 0.494. The molecule has 114 valence electrons. The molecule has 1 atom stereocenters. The molecule has 2 N–H and O–H groups in total. The summed E-state index contributed by atoms with van der Waals surface area (Å²) in [7, 11) is 2.13. The third-order valence-corrected chi connectivity index (χ3v) is 3.26. The second kappa shape index (κ2) is 12.3. The molecule has 1 unspecified atom stereocenters. The summed E-state index contributed by atoms with van der Waals surface area (Å²) in [6.45, 7) is 12.6. The van der Waals surface area contributed by atoms with Gasteiger partial charge in [0, 0.05) is 19.1 Å². The highest BCUT2D eigenvalue weighted by Crippen LogP contribution is 2.02. The Kier molecular flexibility index (Phi) is 11.8. The lowest BCUT2D eigenvalue weighted by molar-refractivity contribution is 0.363. The quantitative estimate of drug-likeness (QED) is 0.364. The van der Waals surface area contributed by atoms with Crippen molar-refractivity contribution in [3.05, 3.63) is 0 Å². The molecule has 0 aromatic rings. The number of unbranched alkanes of at least 4 members (excludes halogenated alkanes) is 2. The summed E-state index contributed by atoms with van der Waals surface area (Å²) in [5.41, 5.74) is 0. The molecular weight excluding hydrogens is 236 g/mol. The van der Waals surface area contributed by atoms with Crippen LogP contribution in [0.3, 0.4) is 0 Å². The maximum absolute atomic E-state index is 4.62. The summed E-state index contributed by atoms with van der Waals surface area (Å²) >= 11 is 0. The van der Waals surface area contributed by atoms with Gasteiger partial charge in [-0.1, -0.05) is 33.1 Å². The fourth-order valence-corrected chi connectivity index (χ4v) is 1.82. The zero-order valence-electron chi connectivity index (χ0n) is 13.6. The van der Waals surface area contributed by atoms with Crippen molar-refractivity contribution in [1.29, 1.82) is 0 Å². The lowest BCUT2D eigenvalue weighted by Gasteiger charge is -2.18. The van der Waals surface area contributed by atoms with Gasteiger partial charge in [-0.3, -0.25) is 4.99 Å². The lowest BCUT2D eigenvalue weighted by Crippen LogP contribution is -2.42. The van der Waals surface area contributed by atoms with Crippen molar-refractivity contribution >= 4 is 5.96 Å². The molecule has 0 saturated heterocycles. The first-order valence-corrected chi connectivity index (χ1v) is 7.87. The Morgan fingerprint density at radius 1 is 1.21 bits per heavy atom. The highest BCUT2D eigenvalue weighted by atomic mass is 15.2. The van der Waals surface area contributed by atoms with Crippen molar-refractivity contribution in [1.82, 2.24) is 15.5 Å². The van der Waals surface area contributed by atoms with E-state index in [1.165, 1.54) is 25.7 Å². The fraction of sp³-hybridized carbons (Fsp3) is 0.933. The Bertz CT molecular complexity index is 228. The topological polar surface area (TPSA) is 39.7 Å². The predicted octanol–water partition coefficient (Wildman–Crippen LogP) is 2.46. The molecule has 0 fully saturated rings. The van der Waals surface area contributed by atoms with Crippen molar-refractivity contribution < 1.29 is 0 Å². The van der Waals surface area contributed by atoms with Crippen LogP contribution >= 0.6 is 0 Å². The van der Waals surface area contributed by atoms with E-state index in [1.807, 2.05) is 0 Å². The van der Waals surface area contributed by atoms with Crippen LogP contribution in [0, 0.1) is 0 Å². The Hall–Kier alpha value is -0.770. The summed E-state index contributed by atoms with van der Waals surface area (Å²) in [5.74, 6) is 0.955. The van der Waals surface area contributed by atoms with E-state index in [9.17, 15) is 0 Å². The zero-order valence-corrected chi connectivity index (χ0v) is 13.6. The summed E-state index contributed by atoms with van der Waals surface area (Å²) in [6.07, 6.45) is 5.11. The van der Waals surface area contributed by atoms with Gasteiger partial charge in [-0.2, -0.15) is 0 Å². The number of hydrogen-bond acceptors (Lipinski definition) is 2. The third kappa shape index (κ3) is 10.8. The Balaban J connectivity index is 4.04. The van der Waals surface area contributed by atoms with Crippen molar-refractivity contribution in [2.45, 2.75) is 59.4 Å². The normalized spacial score (nSPS) is 13.7.